The van der Waals surface area contributed by atoms with Crippen LogP contribution in [0.1, 0.15) is 22.8 Å². The van der Waals surface area contributed by atoms with Gasteiger partial charge in [0.2, 0.25) is 0 Å². The monoisotopic (exact) mass is 376 g/mol. The molecule has 0 radical (unpaired) electrons. The van der Waals surface area contributed by atoms with Gasteiger partial charge in [-0.15, -0.1) is 0 Å². The number of carbonyl (C=O) groups is 4. The van der Waals surface area contributed by atoms with E-state index in [-0.39, 0.29) is 5.56 Å². The Morgan fingerprint density at radius 2 is 1.41 bits per heavy atom. The number of rotatable bonds is 7. The van der Waals surface area contributed by atoms with Crippen molar-refractivity contribution < 1.29 is 33.4 Å². The number of nitriles is 1. The van der Waals surface area contributed by atoms with E-state index >= 15 is 0 Å². The third kappa shape index (κ3) is 5.28. The van der Waals surface area contributed by atoms with Crippen LogP contribution in [-0.2, 0) is 28.6 Å². The standard InChI is InChI=1S/C18H20N2O7/c1-10(13(16(22)25-2)17(23)26-3)14(18(24)27-4)20-15(21)12-7-5-11(9-19)6-8-12/h5-8,10,13-14H,1-4H3,(H,20,21)/t10-,14-/m1/s1. The Hall–Kier alpha value is -3.41. The van der Waals surface area contributed by atoms with E-state index in [4.69, 9.17) is 5.26 Å². The number of hydrogen-bond acceptors (Lipinski definition) is 8. The summed E-state index contributed by atoms with van der Waals surface area (Å²) in [6.45, 7) is 1.42. The predicted molar refractivity (Wildman–Crippen MR) is 91.1 cm³/mol. The van der Waals surface area contributed by atoms with Crippen molar-refractivity contribution in [2.75, 3.05) is 21.3 Å². The normalized spacial score (nSPS) is 12.3. The number of esters is 3. The molecule has 0 saturated carbocycles. The summed E-state index contributed by atoms with van der Waals surface area (Å²) in [4.78, 5) is 48.6. The topological polar surface area (TPSA) is 132 Å². The fourth-order valence-corrected chi connectivity index (χ4v) is 2.42. The molecule has 0 bridgehead atoms. The minimum Gasteiger partial charge on any atom is -0.468 e. The van der Waals surface area contributed by atoms with E-state index < -0.39 is 41.7 Å². The smallest absolute Gasteiger partial charge is 0.328 e. The first-order valence-corrected chi connectivity index (χ1v) is 7.85. The highest BCUT2D eigenvalue weighted by atomic mass is 16.5. The lowest BCUT2D eigenvalue weighted by molar-refractivity contribution is -0.162. The molecule has 144 valence electrons. The molecule has 1 N–H and O–H groups in total. The average Bonchev–Trinajstić information content (AvgIpc) is 2.70. The van der Waals surface area contributed by atoms with Crippen molar-refractivity contribution in [3.8, 4) is 6.07 Å². The van der Waals surface area contributed by atoms with Gasteiger partial charge in [0.15, 0.2) is 5.92 Å². The van der Waals surface area contributed by atoms with Gasteiger partial charge in [-0.05, 0) is 24.3 Å². The second-order valence-electron chi connectivity index (χ2n) is 5.55. The molecule has 27 heavy (non-hydrogen) atoms. The van der Waals surface area contributed by atoms with E-state index in [1.165, 1.54) is 31.2 Å². The molecule has 0 aliphatic rings. The lowest BCUT2D eigenvalue weighted by Gasteiger charge is -2.27. The van der Waals surface area contributed by atoms with Crippen LogP contribution >= 0.6 is 0 Å². The first-order valence-electron chi connectivity index (χ1n) is 7.85. The summed E-state index contributed by atoms with van der Waals surface area (Å²) in [6, 6.07) is 6.30. The average molecular weight is 376 g/mol. The van der Waals surface area contributed by atoms with Crippen molar-refractivity contribution >= 4 is 23.8 Å². The number of amides is 1. The number of hydrogen-bond donors (Lipinski definition) is 1. The summed E-state index contributed by atoms with van der Waals surface area (Å²) >= 11 is 0. The highest BCUT2D eigenvalue weighted by molar-refractivity contribution is 5.99. The van der Waals surface area contributed by atoms with E-state index in [1.54, 1.807) is 0 Å². The van der Waals surface area contributed by atoms with Crippen LogP contribution in [0.2, 0.25) is 0 Å². The minimum absolute atomic E-state index is 0.183. The van der Waals surface area contributed by atoms with E-state index in [1.807, 2.05) is 6.07 Å². The Kier molecular flexibility index (Phi) is 7.94. The first-order chi connectivity index (χ1) is 12.8. The number of nitrogens with one attached hydrogen (secondary N) is 1. The molecule has 0 unspecified atom stereocenters. The second-order valence-corrected chi connectivity index (χ2v) is 5.55. The third-order valence-corrected chi connectivity index (χ3v) is 3.98. The van der Waals surface area contributed by atoms with Crippen LogP contribution in [0.25, 0.3) is 0 Å². The van der Waals surface area contributed by atoms with Gasteiger partial charge < -0.3 is 19.5 Å². The SMILES string of the molecule is COC(=O)C(C(=O)OC)[C@@H](C)[C@@H](NC(=O)c1ccc(C#N)cc1)C(=O)OC. The van der Waals surface area contributed by atoms with Gasteiger partial charge in [0.25, 0.3) is 5.91 Å². The summed E-state index contributed by atoms with van der Waals surface area (Å²) < 4.78 is 13.9. The highest BCUT2D eigenvalue weighted by Crippen LogP contribution is 2.21. The molecule has 2 atom stereocenters. The van der Waals surface area contributed by atoms with Gasteiger partial charge in [0.1, 0.15) is 6.04 Å². The molecule has 9 nitrogen and oxygen atoms in total. The Balaban J connectivity index is 3.14. The molecule has 0 aliphatic carbocycles. The lowest BCUT2D eigenvalue weighted by Crippen LogP contribution is -2.51. The Bertz CT molecular complexity index is 736. The molecule has 0 fully saturated rings. The minimum atomic E-state index is -1.44. The van der Waals surface area contributed by atoms with E-state index in [2.05, 4.69) is 19.5 Å². The maximum atomic E-state index is 12.4. The Morgan fingerprint density at radius 1 is 0.926 bits per heavy atom. The largest absolute Gasteiger partial charge is 0.468 e. The number of benzene rings is 1. The Morgan fingerprint density at radius 3 is 1.81 bits per heavy atom. The van der Waals surface area contributed by atoms with Gasteiger partial charge in [-0.25, -0.2) is 4.79 Å². The van der Waals surface area contributed by atoms with Gasteiger partial charge in [-0.3, -0.25) is 14.4 Å². The molecular formula is C18H20N2O7. The predicted octanol–water partition coefficient (Wildman–Crippen LogP) is 0.428. The summed E-state index contributed by atoms with van der Waals surface area (Å²) in [7, 11) is 3.29. The van der Waals surface area contributed by atoms with E-state index in [9.17, 15) is 19.2 Å². The summed E-state index contributed by atoms with van der Waals surface area (Å²) in [6.07, 6.45) is 0. The molecule has 0 aliphatic heterocycles. The van der Waals surface area contributed by atoms with Crippen molar-refractivity contribution in [3.63, 3.8) is 0 Å². The molecule has 9 heteroatoms. The highest BCUT2D eigenvalue weighted by Gasteiger charge is 2.42. The molecular weight excluding hydrogens is 356 g/mol. The zero-order valence-electron chi connectivity index (χ0n) is 15.3. The van der Waals surface area contributed by atoms with Gasteiger partial charge >= 0.3 is 17.9 Å². The van der Waals surface area contributed by atoms with Crippen molar-refractivity contribution in [1.29, 1.82) is 5.26 Å². The lowest BCUT2D eigenvalue weighted by atomic mass is 9.87. The molecule has 0 spiro atoms. The van der Waals surface area contributed by atoms with Gasteiger partial charge in [-0.1, -0.05) is 6.92 Å². The maximum absolute atomic E-state index is 12.4. The van der Waals surface area contributed by atoms with Crippen LogP contribution in [0.15, 0.2) is 24.3 Å². The van der Waals surface area contributed by atoms with Crippen LogP contribution in [0.4, 0.5) is 0 Å². The van der Waals surface area contributed by atoms with Crippen LogP contribution in [0.5, 0.6) is 0 Å². The zero-order valence-corrected chi connectivity index (χ0v) is 15.3. The summed E-state index contributed by atoms with van der Waals surface area (Å²) in [5.74, 6) is -5.76. The number of nitrogens with zero attached hydrogens (tertiary/aromatic N) is 1. The molecule has 0 aromatic heterocycles. The van der Waals surface area contributed by atoms with Crippen molar-refractivity contribution in [2.24, 2.45) is 11.8 Å². The summed E-state index contributed by atoms with van der Waals surface area (Å²) in [5.41, 5.74) is 0.545. The van der Waals surface area contributed by atoms with Gasteiger partial charge in [-0.2, -0.15) is 5.26 Å². The Labute approximate surface area is 156 Å². The molecule has 0 heterocycles. The third-order valence-electron chi connectivity index (χ3n) is 3.98. The van der Waals surface area contributed by atoms with Crippen LogP contribution in [0, 0.1) is 23.2 Å². The van der Waals surface area contributed by atoms with E-state index in [0.717, 1.165) is 21.3 Å². The molecule has 1 amide bonds. The van der Waals surface area contributed by atoms with Crippen molar-refractivity contribution in [3.05, 3.63) is 35.4 Å². The molecule has 1 rings (SSSR count). The molecule has 1 aromatic rings. The number of ether oxygens (including phenoxy) is 3. The fourth-order valence-electron chi connectivity index (χ4n) is 2.42. The maximum Gasteiger partial charge on any atom is 0.328 e. The quantitative estimate of drug-likeness (QED) is 0.412. The van der Waals surface area contributed by atoms with E-state index in [0.29, 0.717) is 5.56 Å². The summed E-state index contributed by atoms with van der Waals surface area (Å²) in [5, 5.41) is 11.3. The fraction of sp³-hybridized carbons (Fsp3) is 0.389. The van der Waals surface area contributed by atoms with Crippen LogP contribution < -0.4 is 5.32 Å². The first kappa shape index (κ1) is 21.6. The van der Waals surface area contributed by atoms with Crippen LogP contribution in [-0.4, -0.2) is 51.2 Å². The van der Waals surface area contributed by atoms with Gasteiger partial charge in [0, 0.05) is 11.5 Å². The molecule has 1 aromatic carbocycles. The molecule has 0 saturated heterocycles. The number of methoxy groups -OCH3 is 3. The van der Waals surface area contributed by atoms with Gasteiger partial charge in [0.05, 0.1) is 33.0 Å². The second kappa shape index (κ2) is 9.91. The zero-order chi connectivity index (χ0) is 20.6. The van der Waals surface area contributed by atoms with Crippen molar-refractivity contribution in [1.82, 2.24) is 5.32 Å². The van der Waals surface area contributed by atoms with Crippen LogP contribution in [0.3, 0.4) is 0 Å². The van der Waals surface area contributed by atoms with Crippen molar-refractivity contribution in [2.45, 2.75) is 13.0 Å². The number of carbonyl (C=O) groups excluding carboxylic acids is 4.